The molecule has 0 aromatic rings. The zero-order valence-corrected chi connectivity index (χ0v) is 39.8. The SMILES string of the molecule is CC(C)=CCC/C(=C\CC(C)(C)C(=O)O)CC/C(C)=C\CC/C(C)=C\CSC(=S)SC/C=C(/C)CC/C=C(/C)CC/C(=C/CC(C)(C)C(=O)O)CCC=C(C)C. The molecule has 0 heterocycles. The van der Waals surface area contributed by atoms with Crippen LogP contribution in [0.5, 0.6) is 0 Å². The van der Waals surface area contributed by atoms with Crippen LogP contribution in [0.1, 0.15) is 173 Å². The topological polar surface area (TPSA) is 74.6 Å². The average Bonchev–Trinajstić information content (AvgIpc) is 3.09. The Morgan fingerprint density at radius 2 is 0.786 bits per heavy atom. The molecule has 0 aromatic heterocycles. The quantitative estimate of drug-likeness (QED) is 0.0601. The number of hydrogen-bond donors (Lipinski definition) is 2. The molecule has 0 amide bonds. The van der Waals surface area contributed by atoms with Gasteiger partial charge in [0.1, 0.15) is 3.53 Å². The molecule has 0 atom stereocenters. The van der Waals surface area contributed by atoms with Crippen LogP contribution < -0.4 is 0 Å². The van der Waals surface area contributed by atoms with E-state index in [1.54, 1.807) is 51.2 Å². The highest BCUT2D eigenvalue weighted by Gasteiger charge is 2.26. The summed E-state index contributed by atoms with van der Waals surface area (Å²) >= 11 is 9.15. The van der Waals surface area contributed by atoms with Crippen molar-refractivity contribution < 1.29 is 19.8 Å². The van der Waals surface area contributed by atoms with Crippen LogP contribution in [0, 0.1) is 10.8 Å². The molecule has 0 saturated carbocycles. The molecule has 4 nitrogen and oxygen atoms in total. The van der Waals surface area contributed by atoms with Crippen LogP contribution in [0.3, 0.4) is 0 Å². The van der Waals surface area contributed by atoms with E-state index < -0.39 is 22.8 Å². The Kier molecular flexibility index (Phi) is 28.6. The van der Waals surface area contributed by atoms with Crippen LogP contribution in [0.25, 0.3) is 0 Å². The first-order valence-corrected chi connectivity index (χ1v) is 23.0. The summed E-state index contributed by atoms with van der Waals surface area (Å²) < 4.78 is 0.991. The first-order chi connectivity index (χ1) is 26.1. The number of carboxylic acid groups (broad SMARTS) is 2. The summed E-state index contributed by atoms with van der Waals surface area (Å²) in [7, 11) is 0. The smallest absolute Gasteiger partial charge is 0.309 e. The van der Waals surface area contributed by atoms with Crippen molar-refractivity contribution in [1.29, 1.82) is 0 Å². The second-order valence-electron chi connectivity index (χ2n) is 17.3. The van der Waals surface area contributed by atoms with Gasteiger partial charge in [-0.1, -0.05) is 105 Å². The lowest BCUT2D eigenvalue weighted by Gasteiger charge is -2.18. The van der Waals surface area contributed by atoms with Crippen LogP contribution in [0.4, 0.5) is 0 Å². The summed E-state index contributed by atoms with van der Waals surface area (Å²) in [4.78, 5) is 23.2. The summed E-state index contributed by atoms with van der Waals surface area (Å²) in [5, 5.41) is 19.1. The van der Waals surface area contributed by atoms with E-state index in [9.17, 15) is 19.8 Å². The molecule has 56 heavy (non-hydrogen) atoms. The monoisotopic (exact) mass is 827 g/mol. The Labute approximate surface area is 357 Å². The van der Waals surface area contributed by atoms with E-state index >= 15 is 0 Å². The standard InChI is InChI=1S/C49H78O4S3/c1-37(2)17-13-23-43(29-33-48(9,10)45(50)51)27-25-39(5)19-15-21-41(7)31-35-55-47(54)56-36-32-42(8)22-16-20-40(6)26-28-44(24-14-18-38(3)4)30-34-49(11,12)46(52)53/h17-20,29-32H,13-16,21-28,33-36H2,1-12H3,(H,50,51)(H,52,53)/b39-19-,40-20-,41-31-,42-32-,43-29+,44-30+. The van der Waals surface area contributed by atoms with Crippen LogP contribution in [0.15, 0.2) is 93.2 Å². The molecule has 0 spiro atoms. The van der Waals surface area contributed by atoms with Crippen molar-refractivity contribution in [2.24, 2.45) is 10.8 Å². The zero-order valence-electron chi connectivity index (χ0n) is 37.4. The van der Waals surface area contributed by atoms with E-state index in [1.165, 1.54) is 44.6 Å². The Balaban J connectivity index is 4.71. The molecule has 316 valence electrons. The molecule has 0 radical (unpaired) electrons. The Hall–Kier alpha value is -2.35. The van der Waals surface area contributed by atoms with Gasteiger partial charge >= 0.3 is 11.9 Å². The van der Waals surface area contributed by atoms with Crippen molar-refractivity contribution in [3.05, 3.63) is 93.2 Å². The van der Waals surface area contributed by atoms with Gasteiger partial charge in [-0.05, 0) is 173 Å². The van der Waals surface area contributed by atoms with Gasteiger partial charge in [0.25, 0.3) is 0 Å². The lowest BCUT2D eigenvalue weighted by molar-refractivity contribution is -0.147. The summed E-state index contributed by atoms with van der Waals surface area (Å²) in [5.41, 5.74) is 9.46. The summed E-state index contributed by atoms with van der Waals surface area (Å²) in [6.07, 6.45) is 31.4. The fourth-order valence-corrected chi connectivity index (χ4v) is 7.64. The van der Waals surface area contributed by atoms with Gasteiger partial charge in [-0.3, -0.25) is 9.59 Å². The molecular weight excluding hydrogens is 749 g/mol. The molecule has 0 aliphatic heterocycles. The second kappa shape index (κ2) is 29.8. The van der Waals surface area contributed by atoms with Gasteiger partial charge in [0.2, 0.25) is 0 Å². The van der Waals surface area contributed by atoms with E-state index in [0.29, 0.717) is 12.8 Å². The highest BCUT2D eigenvalue weighted by atomic mass is 32.2. The van der Waals surface area contributed by atoms with Crippen molar-refractivity contribution >= 4 is 51.2 Å². The van der Waals surface area contributed by atoms with Gasteiger partial charge in [0.05, 0.1) is 10.8 Å². The van der Waals surface area contributed by atoms with E-state index in [1.807, 2.05) is 0 Å². The van der Waals surface area contributed by atoms with Gasteiger partial charge < -0.3 is 10.2 Å². The molecule has 0 aliphatic rings. The van der Waals surface area contributed by atoms with E-state index in [4.69, 9.17) is 12.2 Å². The maximum atomic E-state index is 11.6. The first kappa shape index (κ1) is 53.6. The molecule has 0 unspecified atom stereocenters. The second-order valence-corrected chi connectivity index (χ2v) is 20.5. The van der Waals surface area contributed by atoms with Crippen LogP contribution in [-0.4, -0.2) is 37.2 Å². The minimum atomic E-state index is -0.746. The van der Waals surface area contributed by atoms with Gasteiger partial charge in [-0.15, -0.1) is 23.5 Å². The van der Waals surface area contributed by atoms with Crippen molar-refractivity contribution in [2.75, 3.05) is 11.5 Å². The third kappa shape index (κ3) is 29.0. The van der Waals surface area contributed by atoms with Gasteiger partial charge in [0, 0.05) is 11.5 Å². The van der Waals surface area contributed by atoms with Gasteiger partial charge in [0.15, 0.2) is 0 Å². The minimum Gasteiger partial charge on any atom is -0.481 e. The van der Waals surface area contributed by atoms with Crippen molar-refractivity contribution in [3.63, 3.8) is 0 Å². The maximum Gasteiger partial charge on any atom is 0.309 e. The Morgan fingerprint density at radius 1 is 0.464 bits per heavy atom. The van der Waals surface area contributed by atoms with Gasteiger partial charge in [-0.25, -0.2) is 0 Å². The normalized spacial score (nSPS) is 13.9. The minimum absolute atomic E-state index is 0.561. The van der Waals surface area contributed by atoms with Crippen molar-refractivity contribution in [2.45, 2.75) is 173 Å². The molecule has 0 aliphatic carbocycles. The molecule has 0 rings (SSSR count). The highest BCUT2D eigenvalue weighted by molar-refractivity contribution is 8.47. The van der Waals surface area contributed by atoms with Crippen molar-refractivity contribution in [1.82, 2.24) is 0 Å². The molecule has 0 aromatic carbocycles. The highest BCUT2D eigenvalue weighted by Crippen LogP contribution is 2.27. The largest absolute Gasteiger partial charge is 0.481 e. The Morgan fingerprint density at radius 3 is 1.11 bits per heavy atom. The van der Waals surface area contributed by atoms with Crippen LogP contribution >= 0.6 is 35.7 Å². The van der Waals surface area contributed by atoms with Crippen LogP contribution in [0.2, 0.25) is 0 Å². The van der Waals surface area contributed by atoms with E-state index in [2.05, 4.69) is 104 Å². The average molecular weight is 827 g/mol. The number of allylic oxidation sites excluding steroid dienone is 14. The third-order valence-corrected chi connectivity index (χ3v) is 12.6. The lowest BCUT2D eigenvalue weighted by atomic mass is 9.87. The number of carbonyl (C=O) groups is 2. The number of aliphatic carboxylic acids is 2. The number of rotatable bonds is 28. The summed E-state index contributed by atoms with van der Waals surface area (Å²) in [6, 6.07) is 0. The number of thiocarbonyl (C=S) groups is 1. The number of carboxylic acids is 2. The van der Waals surface area contributed by atoms with Gasteiger partial charge in [-0.2, -0.15) is 0 Å². The summed E-state index contributed by atoms with van der Waals surface area (Å²) in [5.74, 6) is 0.319. The van der Waals surface area contributed by atoms with Crippen LogP contribution in [-0.2, 0) is 9.59 Å². The molecule has 0 fully saturated rings. The molecule has 7 heteroatoms. The first-order valence-electron chi connectivity index (χ1n) is 20.7. The molecule has 2 N–H and O–H groups in total. The predicted octanol–water partition coefficient (Wildman–Crippen LogP) is 16.0. The molecule has 0 saturated heterocycles. The van der Waals surface area contributed by atoms with E-state index in [-0.39, 0.29) is 0 Å². The maximum absolute atomic E-state index is 11.6. The fourth-order valence-electron chi connectivity index (χ4n) is 5.49. The lowest BCUT2D eigenvalue weighted by Crippen LogP contribution is -2.22. The van der Waals surface area contributed by atoms with Crippen molar-refractivity contribution in [3.8, 4) is 0 Å². The number of hydrogen-bond acceptors (Lipinski definition) is 5. The molecule has 0 bridgehead atoms. The fraction of sp³-hybridized carbons (Fsp3) is 0.612. The van der Waals surface area contributed by atoms with E-state index in [0.717, 1.165) is 92.1 Å². The third-order valence-electron chi connectivity index (χ3n) is 10.0. The number of thioether (sulfide) groups is 2. The Bertz CT molecular complexity index is 1380. The molecular formula is C49H78O4S3. The summed E-state index contributed by atoms with van der Waals surface area (Å²) in [6.45, 7) is 24.5. The zero-order chi connectivity index (χ0) is 42.7. The predicted molar refractivity (Wildman–Crippen MR) is 255 cm³/mol.